The van der Waals surface area contributed by atoms with Crippen molar-refractivity contribution in [3.05, 3.63) is 32.1 Å². The summed E-state index contributed by atoms with van der Waals surface area (Å²) in [7, 11) is 1.46. The molecule has 0 spiro atoms. The molecule has 0 unspecified atom stereocenters. The fraction of sp³-hybridized carbons (Fsp3) is 0.615. The first-order valence-corrected chi connectivity index (χ1v) is 6.93. The zero-order valence-electron chi connectivity index (χ0n) is 12.3. The Labute approximate surface area is 126 Å². The van der Waals surface area contributed by atoms with Crippen molar-refractivity contribution < 1.29 is 19.4 Å². The molecule has 1 aromatic heterocycles. The number of aromatic amines is 1. The van der Waals surface area contributed by atoms with Crippen molar-refractivity contribution in [2.24, 2.45) is 0 Å². The predicted molar refractivity (Wildman–Crippen MR) is 76.3 cm³/mol. The number of nitrogens with one attached hydrogen (secondary N) is 1. The normalized spacial score (nSPS) is 15.9. The van der Waals surface area contributed by atoms with Crippen LogP contribution in [0.25, 0.3) is 0 Å². The molecule has 1 aliphatic rings. The SMILES string of the molecule is COCCn1c(=O)[nH]c(C(=O)O)c(CN2CCOCC2)c1=O. The van der Waals surface area contributed by atoms with Gasteiger partial charge in [-0.05, 0) is 0 Å². The van der Waals surface area contributed by atoms with Gasteiger partial charge < -0.3 is 19.6 Å². The molecule has 0 saturated carbocycles. The fourth-order valence-corrected chi connectivity index (χ4v) is 2.31. The summed E-state index contributed by atoms with van der Waals surface area (Å²) in [5.41, 5.74) is -1.62. The third kappa shape index (κ3) is 3.62. The predicted octanol–water partition coefficient (Wildman–Crippen LogP) is -1.29. The Bertz CT molecular complexity index is 644. The van der Waals surface area contributed by atoms with Gasteiger partial charge in [-0.2, -0.15) is 0 Å². The molecule has 0 atom stereocenters. The monoisotopic (exact) mass is 313 g/mol. The van der Waals surface area contributed by atoms with Gasteiger partial charge in [-0.1, -0.05) is 0 Å². The average molecular weight is 313 g/mol. The fourth-order valence-electron chi connectivity index (χ4n) is 2.31. The summed E-state index contributed by atoms with van der Waals surface area (Å²) in [6, 6.07) is 0. The van der Waals surface area contributed by atoms with Crippen LogP contribution in [-0.4, -0.2) is 65.5 Å². The van der Waals surface area contributed by atoms with Crippen LogP contribution in [0.1, 0.15) is 16.1 Å². The van der Waals surface area contributed by atoms with Crippen LogP contribution < -0.4 is 11.2 Å². The van der Waals surface area contributed by atoms with Crippen LogP contribution in [-0.2, 0) is 22.6 Å². The van der Waals surface area contributed by atoms with Gasteiger partial charge in [0.25, 0.3) is 5.56 Å². The average Bonchev–Trinajstić information content (AvgIpc) is 2.50. The topological polar surface area (TPSA) is 114 Å². The number of rotatable bonds is 6. The molecule has 9 heteroatoms. The van der Waals surface area contributed by atoms with Gasteiger partial charge in [-0.25, -0.2) is 9.59 Å². The quantitative estimate of drug-likeness (QED) is 0.672. The number of carboxylic acids is 1. The first kappa shape index (κ1) is 16.4. The molecule has 2 N–H and O–H groups in total. The van der Waals surface area contributed by atoms with E-state index in [1.54, 1.807) is 0 Å². The van der Waals surface area contributed by atoms with Gasteiger partial charge in [0.15, 0.2) is 0 Å². The van der Waals surface area contributed by atoms with Crippen LogP contribution in [0.3, 0.4) is 0 Å². The highest BCUT2D eigenvalue weighted by Crippen LogP contribution is 2.06. The minimum absolute atomic E-state index is 0.0701. The van der Waals surface area contributed by atoms with Crippen molar-refractivity contribution in [3.8, 4) is 0 Å². The Morgan fingerprint density at radius 1 is 1.36 bits per heavy atom. The number of hydrogen-bond acceptors (Lipinski definition) is 6. The molecule has 0 aliphatic carbocycles. The maximum Gasteiger partial charge on any atom is 0.352 e. The number of ether oxygens (including phenoxy) is 2. The van der Waals surface area contributed by atoms with E-state index in [9.17, 15) is 19.5 Å². The molecule has 1 aromatic rings. The number of aromatic nitrogens is 2. The highest BCUT2D eigenvalue weighted by molar-refractivity contribution is 5.86. The summed E-state index contributed by atoms with van der Waals surface area (Å²) >= 11 is 0. The van der Waals surface area contributed by atoms with Crippen molar-refractivity contribution >= 4 is 5.97 Å². The summed E-state index contributed by atoms with van der Waals surface area (Å²) in [4.78, 5) is 39.8. The van der Waals surface area contributed by atoms with E-state index in [2.05, 4.69) is 4.98 Å². The molecule has 1 fully saturated rings. The first-order chi connectivity index (χ1) is 10.5. The lowest BCUT2D eigenvalue weighted by Crippen LogP contribution is -2.44. The van der Waals surface area contributed by atoms with Crippen LogP contribution in [0, 0.1) is 0 Å². The summed E-state index contributed by atoms with van der Waals surface area (Å²) in [6.45, 7) is 2.69. The van der Waals surface area contributed by atoms with Gasteiger partial charge in [-0.3, -0.25) is 14.3 Å². The van der Waals surface area contributed by atoms with Crippen LogP contribution in [0.4, 0.5) is 0 Å². The van der Waals surface area contributed by atoms with Crippen LogP contribution >= 0.6 is 0 Å². The van der Waals surface area contributed by atoms with Gasteiger partial charge in [0.1, 0.15) is 5.69 Å². The lowest BCUT2D eigenvalue weighted by atomic mass is 10.2. The number of nitrogens with zero attached hydrogens (tertiary/aromatic N) is 2. The van der Waals surface area contributed by atoms with E-state index < -0.39 is 17.2 Å². The Balaban J connectivity index is 2.41. The minimum Gasteiger partial charge on any atom is -0.477 e. The molecule has 0 bridgehead atoms. The highest BCUT2D eigenvalue weighted by Gasteiger charge is 2.22. The Hall–Kier alpha value is -1.97. The molecule has 9 nitrogen and oxygen atoms in total. The number of hydrogen-bond donors (Lipinski definition) is 2. The van der Waals surface area contributed by atoms with Crippen LogP contribution in [0.15, 0.2) is 9.59 Å². The smallest absolute Gasteiger partial charge is 0.352 e. The molecule has 2 rings (SSSR count). The van der Waals surface area contributed by atoms with E-state index in [0.29, 0.717) is 26.3 Å². The maximum atomic E-state index is 12.5. The number of carbonyl (C=O) groups is 1. The number of aromatic carboxylic acids is 1. The highest BCUT2D eigenvalue weighted by atomic mass is 16.5. The van der Waals surface area contributed by atoms with Gasteiger partial charge in [0, 0.05) is 26.7 Å². The third-order valence-electron chi connectivity index (χ3n) is 3.50. The molecule has 122 valence electrons. The van der Waals surface area contributed by atoms with Gasteiger partial charge in [-0.15, -0.1) is 0 Å². The molecule has 1 aliphatic heterocycles. The second-order valence-corrected chi connectivity index (χ2v) is 4.93. The molecule has 1 saturated heterocycles. The zero-order chi connectivity index (χ0) is 16.1. The lowest BCUT2D eigenvalue weighted by molar-refractivity contribution is 0.0335. The van der Waals surface area contributed by atoms with Crippen LogP contribution in [0.2, 0.25) is 0 Å². The Morgan fingerprint density at radius 3 is 2.64 bits per heavy atom. The Morgan fingerprint density at radius 2 is 2.05 bits per heavy atom. The van der Waals surface area contributed by atoms with E-state index in [1.807, 2.05) is 4.90 Å². The molecule has 0 amide bonds. The van der Waals surface area contributed by atoms with E-state index in [1.165, 1.54) is 7.11 Å². The zero-order valence-corrected chi connectivity index (χ0v) is 12.3. The molecular weight excluding hydrogens is 294 g/mol. The van der Waals surface area contributed by atoms with Crippen molar-refractivity contribution in [1.29, 1.82) is 0 Å². The summed E-state index contributed by atoms with van der Waals surface area (Å²) < 4.78 is 11.1. The largest absolute Gasteiger partial charge is 0.477 e. The summed E-state index contributed by atoms with van der Waals surface area (Å²) in [5.74, 6) is -1.32. The number of methoxy groups -OCH3 is 1. The number of H-pyrrole nitrogens is 1. The van der Waals surface area contributed by atoms with Crippen molar-refractivity contribution in [3.63, 3.8) is 0 Å². The van der Waals surface area contributed by atoms with Crippen molar-refractivity contribution in [2.45, 2.75) is 13.1 Å². The van der Waals surface area contributed by atoms with Gasteiger partial charge in [0.2, 0.25) is 0 Å². The number of carboxylic acid groups (broad SMARTS) is 1. The van der Waals surface area contributed by atoms with Crippen molar-refractivity contribution in [2.75, 3.05) is 40.0 Å². The van der Waals surface area contributed by atoms with Crippen LogP contribution in [0.5, 0.6) is 0 Å². The van der Waals surface area contributed by atoms with E-state index in [4.69, 9.17) is 9.47 Å². The van der Waals surface area contributed by atoms with Gasteiger partial charge in [0.05, 0.1) is 31.9 Å². The number of morpholine rings is 1. The molecule has 22 heavy (non-hydrogen) atoms. The Kier molecular flexibility index (Phi) is 5.47. The van der Waals surface area contributed by atoms with Crippen molar-refractivity contribution in [1.82, 2.24) is 14.5 Å². The second kappa shape index (κ2) is 7.34. The second-order valence-electron chi connectivity index (χ2n) is 4.93. The van der Waals surface area contributed by atoms with Gasteiger partial charge >= 0.3 is 11.7 Å². The molecule has 0 radical (unpaired) electrons. The first-order valence-electron chi connectivity index (χ1n) is 6.93. The van der Waals surface area contributed by atoms with E-state index in [-0.39, 0.29) is 31.0 Å². The molecular formula is C13H19N3O6. The summed E-state index contributed by atoms with van der Waals surface area (Å²) in [6.07, 6.45) is 0. The maximum absolute atomic E-state index is 12.5. The molecule has 0 aromatic carbocycles. The van der Waals surface area contributed by atoms with E-state index >= 15 is 0 Å². The third-order valence-corrected chi connectivity index (χ3v) is 3.50. The lowest BCUT2D eigenvalue weighted by Gasteiger charge is -2.26. The molecule has 2 heterocycles. The minimum atomic E-state index is -1.32. The summed E-state index contributed by atoms with van der Waals surface area (Å²) in [5, 5.41) is 9.22. The standard InChI is InChI=1S/C13H19N3O6/c1-21-5-4-16-11(17)9(8-15-2-6-22-7-3-15)10(12(18)19)14-13(16)20/h2-8H2,1H3,(H,14,20)(H,18,19). The van der Waals surface area contributed by atoms with E-state index in [0.717, 1.165) is 4.57 Å².